The zero-order chi connectivity index (χ0) is 35.7. The fourth-order valence-corrected chi connectivity index (χ4v) is 11.1. The molecule has 0 radical (unpaired) electrons. The Morgan fingerprint density at radius 1 is 0.481 bits per heavy atom. The van der Waals surface area contributed by atoms with Gasteiger partial charge in [0.05, 0.1) is 22.1 Å². The van der Waals surface area contributed by atoms with Crippen LogP contribution >= 0.6 is 11.3 Å². The van der Waals surface area contributed by atoms with Gasteiger partial charge in [0.1, 0.15) is 0 Å². The van der Waals surface area contributed by atoms with Crippen LogP contribution in [0.2, 0.25) is 0 Å². The van der Waals surface area contributed by atoms with Gasteiger partial charge < -0.3 is 9.47 Å². The second-order valence-corrected chi connectivity index (χ2v) is 16.1. The molecule has 3 heterocycles. The third kappa shape index (κ3) is 3.79. The predicted molar refractivity (Wildman–Crippen MR) is 229 cm³/mol. The van der Waals surface area contributed by atoms with E-state index in [1.54, 1.807) is 0 Å². The van der Waals surface area contributed by atoms with Crippen LogP contribution in [0.1, 0.15) is 33.4 Å². The third-order valence-electron chi connectivity index (χ3n) is 12.1. The highest BCUT2D eigenvalue weighted by molar-refractivity contribution is 7.26. The maximum absolute atomic E-state index is 2.57. The van der Waals surface area contributed by atoms with E-state index >= 15 is 0 Å². The van der Waals surface area contributed by atoms with E-state index in [-0.39, 0.29) is 0 Å². The number of aryl methyl sites for hydroxylation is 2. The Balaban J connectivity index is 1.23. The van der Waals surface area contributed by atoms with Gasteiger partial charge in [-0.1, -0.05) is 120 Å². The van der Waals surface area contributed by atoms with Gasteiger partial charge in [-0.15, -0.1) is 11.3 Å². The van der Waals surface area contributed by atoms with Gasteiger partial charge in [-0.25, -0.2) is 0 Å². The molecule has 3 heteroatoms. The quantitative estimate of drug-likeness (QED) is 0.178. The second-order valence-electron chi connectivity index (χ2n) is 15.0. The summed E-state index contributed by atoms with van der Waals surface area (Å²) in [4.78, 5) is 2.40. The number of thiophene rings is 1. The minimum Gasteiger partial charge on any atom is -0.310 e. The Bertz CT molecular complexity index is 3140. The van der Waals surface area contributed by atoms with Crippen LogP contribution < -0.4 is 4.90 Å². The van der Waals surface area contributed by atoms with Crippen LogP contribution in [-0.4, -0.2) is 4.57 Å². The molecule has 2 aromatic heterocycles. The molecule has 0 N–H and O–H groups in total. The lowest BCUT2D eigenvalue weighted by Gasteiger charge is -2.39. The van der Waals surface area contributed by atoms with Gasteiger partial charge in [-0.2, -0.15) is 0 Å². The first-order chi connectivity index (χ1) is 26.6. The number of para-hydroxylation sites is 2. The summed E-state index contributed by atoms with van der Waals surface area (Å²) < 4.78 is 5.27. The number of hydrogen-bond acceptors (Lipinski definition) is 2. The molecule has 0 saturated carbocycles. The molecule has 0 bridgehead atoms. The zero-order valence-electron chi connectivity index (χ0n) is 30.0. The van der Waals surface area contributed by atoms with E-state index in [2.05, 4.69) is 193 Å². The van der Waals surface area contributed by atoms with Crippen molar-refractivity contribution in [3.63, 3.8) is 0 Å². The molecule has 2 aliphatic rings. The van der Waals surface area contributed by atoms with Crippen LogP contribution in [0.25, 0.3) is 58.8 Å². The van der Waals surface area contributed by atoms with Crippen LogP contribution in [-0.2, 0) is 5.41 Å². The summed E-state index contributed by atoms with van der Waals surface area (Å²) in [6.45, 7) is 4.31. The number of aromatic nitrogens is 1. The average molecular weight is 707 g/mol. The van der Waals surface area contributed by atoms with E-state index in [1.807, 2.05) is 11.3 Å². The van der Waals surface area contributed by atoms with Crippen LogP contribution in [0.5, 0.6) is 0 Å². The molecule has 1 unspecified atom stereocenters. The standard InChI is InChI=1S/C51H34N2S/c1-31-19-23-33(24-20-31)52(34-25-21-32(2)22-26-34)35-27-28-42-39(29-35)36-11-3-6-14-41(36)51(42)43-15-7-9-17-46(43)53-45-16-8-4-13-38(45)48-49(53)44(51)30-40-37-12-5-10-18-47(37)54-50(40)48/h3-30H,1-2H3. The first-order valence-corrected chi connectivity index (χ1v) is 19.6. The lowest BCUT2D eigenvalue weighted by molar-refractivity contribution is 0.750. The van der Waals surface area contributed by atoms with E-state index in [1.165, 1.54) is 92.2 Å². The van der Waals surface area contributed by atoms with Gasteiger partial charge >= 0.3 is 0 Å². The summed E-state index contributed by atoms with van der Waals surface area (Å²) in [7, 11) is 0. The zero-order valence-corrected chi connectivity index (χ0v) is 30.8. The van der Waals surface area contributed by atoms with Crippen molar-refractivity contribution < 1.29 is 0 Å². The highest BCUT2D eigenvalue weighted by Gasteiger charge is 2.51. The van der Waals surface area contributed by atoms with Gasteiger partial charge in [0, 0.05) is 48.0 Å². The number of benzene rings is 8. The van der Waals surface area contributed by atoms with Crippen molar-refractivity contribution in [3.05, 3.63) is 203 Å². The minimum absolute atomic E-state index is 0.514. The fourth-order valence-electron chi connectivity index (χ4n) is 9.83. The summed E-state index contributed by atoms with van der Waals surface area (Å²) in [5.74, 6) is 0. The van der Waals surface area contributed by atoms with Crippen molar-refractivity contribution >= 4 is 70.4 Å². The number of hydrogen-bond donors (Lipinski definition) is 0. The summed E-state index contributed by atoms with van der Waals surface area (Å²) in [6.07, 6.45) is 0. The van der Waals surface area contributed by atoms with Crippen LogP contribution in [0, 0.1) is 13.8 Å². The first kappa shape index (κ1) is 30.1. The molecule has 0 saturated heterocycles. The van der Waals surface area contributed by atoms with Gasteiger partial charge in [0.2, 0.25) is 0 Å². The first-order valence-electron chi connectivity index (χ1n) is 18.8. The van der Waals surface area contributed by atoms with Gasteiger partial charge in [0.15, 0.2) is 0 Å². The lowest BCUT2D eigenvalue weighted by Crippen LogP contribution is -2.33. The molecular formula is C51H34N2S. The molecule has 10 aromatic rings. The van der Waals surface area contributed by atoms with Crippen LogP contribution in [0.3, 0.4) is 0 Å². The number of anilines is 3. The fraction of sp³-hybridized carbons (Fsp3) is 0.0588. The number of nitrogens with zero attached hydrogens (tertiary/aromatic N) is 2. The normalized spacial score (nSPS) is 15.3. The van der Waals surface area contributed by atoms with Gasteiger partial charge in [0.25, 0.3) is 0 Å². The van der Waals surface area contributed by atoms with Gasteiger partial charge in [-0.05, 0) is 108 Å². The van der Waals surface area contributed by atoms with E-state index in [0.29, 0.717) is 0 Å². The maximum Gasteiger partial charge on any atom is 0.0754 e. The van der Waals surface area contributed by atoms with Gasteiger partial charge in [-0.3, -0.25) is 0 Å². The summed E-state index contributed by atoms with van der Waals surface area (Å²) in [6, 6.07) is 64.0. The summed E-state index contributed by atoms with van der Waals surface area (Å²) in [5, 5.41) is 5.34. The van der Waals surface area contributed by atoms with Crippen molar-refractivity contribution in [1.82, 2.24) is 4.57 Å². The molecule has 2 nitrogen and oxygen atoms in total. The lowest BCUT2D eigenvalue weighted by atomic mass is 9.65. The average Bonchev–Trinajstić information content (AvgIpc) is 3.86. The molecule has 0 fully saturated rings. The van der Waals surface area contributed by atoms with E-state index in [4.69, 9.17) is 0 Å². The molecule has 54 heavy (non-hydrogen) atoms. The van der Waals surface area contributed by atoms with Crippen molar-refractivity contribution in [1.29, 1.82) is 0 Å². The minimum atomic E-state index is -0.514. The molecule has 1 aliphatic heterocycles. The van der Waals surface area contributed by atoms with E-state index in [0.717, 1.165) is 17.1 Å². The molecule has 1 aliphatic carbocycles. The predicted octanol–water partition coefficient (Wildman–Crippen LogP) is 13.9. The van der Waals surface area contributed by atoms with Crippen molar-refractivity contribution in [2.75, 3.05) is 4.90 Å². The molecule has 8 aromatic carbocycles. The summed E-state index contributed by atoms with van der Waals surface area (Å²) >= 11 is 1.93. The number of fused-ring (bicyclic) bond motifs is 16. The number of rotatable bonds is 3. The van der Waals surface area contributed by atoms with Crippen molar-refractivity contribution in [2.45, 2.75) is 19.3 Å². The molecule has 1 spiro atoms. The summed E-state index contributed by atoms with van der Waals surface area (Å²) in [5.41, 5.74) is 17.2. The second kappa shape index (κ2) is 10.8. The Labute approximate surface area is 317 Å². The monoisotopic (exact) mass is 706 g/mol. The largest absolute Gasteiger partial charge is 0.310 e. The Morgan fingerprint density at radius 2 is 1.09 bits per heavy atom. The topological polar surface area (TPSA) is 8.17 Å². The molecular weight excluding hydrogens is 673 g/mol. The maximum atomic E-state index is 2.57. The molecule has 254 valence electrons. The van der Waals surface area contributed by atoms with E-state index in [9.17, 15) is 0 Å². The molecule has 0 amide bonds. The Kier molecular flexibility index (Phi) is 6.03. The van der Waals surface area contributed by atoms with E-state index < -0.39 is 5.41 Å². The van der Waals surface area contributed by atoms with Crippen molar-refractivity contribution in [3.8, 4) is 16.8 Å². The SMILES string of the molecule is Cc1ccc(N(c2ccc(C)cc2)c2ccc3c(c2)-c2ccccc2C32c3ccccc3-n3c4ccccc4c4c5sc6ccccc6c5cc2c43)cc1. The Hall–Kier alpha value is -6.42. The van der Waals surface area contributed by atoms with Crippen LogP contribution in [0.15, 0.2) is 170 Å². The Morgan fingerprint density at radius 3 is 1.87 bits per heavy atom. The molecule has 1 atom stereocenters. The smallest absolute Gasteiger partial charge is 0.0754 e. The third-order valence-corrected chi connectivity index (χ3v) is 13.3. The molecule has 12 rings (SSSR count). The highest BCUT2D eigenvalue weighted by Crippen LogP contribution is 2.63. The van der Waals surface area contributed by atoms with Crippen molar-refractivity contribution in [2.24, 2.45) is 0 Å². The van der Waals surface area contributed by atoms with Crippen LogP contribution in [0.4, 0.5) is 17.1 Å². The highest BCUT2D eigenvalue weighted by atomic mass is 32.1.